The van der Waals surface area contributed by atoms with Crippen LogP contribution in [0.1, 0.15) is 39.5 Å². The minimum absolute atomic E-state index is 0.000848. The minimum Gasteiger partial charge on any atom is -0.464 e. The number of imidazole rings is 1. The van der Waals surface area contributed by atoms with Crippen LogP contribution in [0.15, 0.2) is 36.9 Å². The zero-order valence-corrected chi connectivity index (χ0v) is 23.8. The molecular formula is C26H32N8O9. The molecule has 1 aliphatic heterocycles. The van der Waals surface area contributed by atoms with Gasteiger partial charge >= 0.3 is 12.1 Å². The molecule has 1 saturated heterocycles. The molecule has 1 unspecified atom stereocenters. The summed E-state index contributed by atoms with van der Waals surface area (Å²) in [5.74, 6) is -1.56. The summed E-state index contributed by atoms with van der Waals surface area (Å²) < 4.78 is 17.7. The molecule has 230 valence electrons. The summed E-state index contributed by atoms with van der Waals surface area (Å²) >= 11 is 0. The highest BCUT2D eigenvalue weighted by Crippen LogP contribution is 2.33. The first-order valence-electron chi connectivity index (χ1n) is 13.3. The van der Waals surface area contributed by atoms with Gasteiger partial charge in [0, 0.05) is 18.6 Å². The van der Waals surface area contributed by atoms with E-state index in [9.17, 15) is 29.6 Å². The number of aromatic nitrogens is 4. The van der Waals surface area contributed by atoms with Crippen molar-refractivity contribution in [1.82, 2.24) is 30.2 Å². The van der Waals surface area contributed by atoms with E-state index in [1.807, 2.05) is 0 Å². The summed E-state index contributed by atoms with van der Waals surface area (Å²) in [6.07, 6.45) is -2.73. The van der Waals surface area contributed by atoms with Gasteiger partial charge in [0.25, 0.3) is 5.69 Å². The number of nitrogens with two attached hydrogens (primary N) is 1. The van der Waals surface area contributed by atoms with Gasteiger partial charge in [-0.3, -0.25) is 19.5 Å². The van der Waals surface area contributed by atoms with Crippen molar-refractivity contribution >= 4 is 40.6 Å². The van der Waals surface area contributed by atoms with E-state index < -0.39 is 59.0 Å². The number of benzene rings is 1. The summed E-state index contributed by atoms with van der Waals surface area (Å²) in [4.78, 5) is 61.8. The number of hydrogen-bond donors (Lipinski definition) is 4. The van der Waals surface area contributed by atoms with Crippen LogP contribution >= 0.6 is 0 Å². The van der Waals surface area contributed by atoms with Crippen molar-refractivity contribution in [3.8, 4) is 0 Å². The van der Waals surface area contributed by atoms with E-state index in [-0.39, 0.29) is 35.7 Å². The van der Waals surface area contributed by atoms with E-state index in [0.29, 0.717) is 5.56 Å². The normalized spacial score (nSPS) is 20.8. The van der Waals surface area contributed by atoms with Gasteiger partial charge in [-0.1, -0.05) is 12.1 Å². The number of nitrogens with zero attached hydrogens (tertiary/aromatic N) is 5. The van der Waals surface area contributed by atoms with Crippen LogP contribution in [-0.4, -0.2) is 84.0 Å². The maximum Gasteiger partial charge on any atom is 0.408 e. The van der Waals surface area contributed by atoms with E-state index in [1.165, 1.54) is 41.5 Å². The Kier molecular flexibility index (Phi) is 9.05. The van der Waals surface area contributed by atoms with Crippen molar-refractivity contribution in [2.24, 2.45) is 0 Å². The molecule has 0 aliphatic carbocycles. The lowest BCUT2D eigenvalue weighted by Crippen LogP contribution is -2.56. The SMILES string of the molecule is CCOC(=O)[C@H]1O[C@@H](n2cnc3c(N)ncnc32)[C@H](O)[C@@H]1NC(=O)C(Cc1ccc([N+](=O)[O-])cc1)NC(=O)OC(C)(C)C. The van der Waals surface area contributed by atoms with Gasteiger partial charge in [-0.15, -0.1) is 0 Å². The number of carbonyl (C=O) groups is 3. The molecule has 4 rings (SSSR count). The van der Waals surface area contributed by atoms with Gasteiger partial charge in [0.2, 0.25) is 5.91 Å². The number of nitro groups is 1. The van der Waals surface area contributed by atoms with Crippen LogP contribution in [0.5, 0.6) is 0 Å². The molecule has 5 N–H and O–H groups in total. The minimum atomic E-state index is -1.52. The number of aliphatic hydroxyl groups excluding tert-OH is 1. The van der Waals surface area contributed by atoms with Gasteiger partial charge in [0.05, 0.1) is 23.9 Å². The van der Waals surface area contributed by atoms with E-state index in [2.05, 4.69) is 25.6 Å². The number of non-ortho nitro benzene ring substituents is 1. The van der Waals surface area contributed by atoms with Gasteiger partial charge in [-0.2, -0.15) is 0 Å². The van der Waals surface area contributed by atoms with Crippen molar-refractivity contribution in [3.63, 3.8) is 0 Å². The Labute approximate surface area is 244 Å². The van der Waals surface area contributed by atoms with Crippen molar-refractivity contribution < 1.29 is 38.6 Å². The summed E-state index contributed by atoms with van der Waals surface area (Å²) in [5, 5.41) is 27.5. The number of nitrogen functional groups attached to an aromatic ring is 1. The van der Waals surface area contributed by atoms with Crippen molar-refractivity contribution in [1.29, 1.82) is 0 Å². The Morgan fingerprint density at radius 2 is 1.91 bits per heavy atom. The second kappa shape index (κ2) is 12.5. The summed E-state index contributed by atoms with van der Waals surface area (Å²) in [6.45, 7) is 6.52. The molecule has 17 heteroatoms. The van der Waals surface area contributed by atoms with Gasteiger partial charge < -0.3 is 35.7 Å². The maximum absolute atomic E-state index is 13.6. The van der Waals surface area contributed by atoms with E-state index in [0.717, 1.165) is 0 Å². The third-order valence-corrected chi connectivity index (χ3v) is 6.36. The third kappa shape index (κ3) is 7.12. The molecule has 3 heterocycles. The molecular weight excluding hydrogens is 568 g/mol. The molecule has 43 heavy (non-hydrogen) atoms. The van der Waals surface area contributed by atoms with E-state index in [1.54, 1.807) is 27.7 Å². The predicted octanol–water partition coefficient (Wildman–Crippen LogP) is 0.759. The fraction of sp³-hybridized carbons (Fsp3) is 0.462. The number of carbonyl (C=O) groups excluding carboxylic acids is 3. The average molecular weight is 601 g/mol. The molecule has 2 aromatic heterocycles. The summed E-state index contributed by atoms with van der Waals surface area (Å²) in [5.41, 5.74) is 5.77. The molecule has 0 radical (unpaired) electrons. The molecule has 1 aliphatic rings. The lowest BCUT2D eigenvalue weighted by Gasteiger charge is -2.26. The molecule has 5 atom stereocenters. The first-order chi connectivity index (χ1) is 20.3. The van der Waals surface area contributed by atoms with Crippen LogP contribution < -0.4 is 16.4 Å². The Balaban J connectivity index is 1.62. The standard InChI is InChI=1S/C26H32N8O9/c1-5-41-24(37)19-16(18(35)23(42-19)33-12-30-17-20(27)28-11-29-21(17)33)32-22(36)15(31-25(38)43-26(2,3)4)10-13-6-8-14(9-7-13)34(39)40/h6-9,11-12,15-16,18-19,23,35H,5,10H2,1-4H3,(H,31,38)(H,32,36)(H2,27,28,29)/t15?,16-,18+,19-,23+/m0/s1. The number of aliphatic hydroxyl groups is 1. The van der Waals surface area contributed by atoms with Crippen molar-refractivity contribution in [2.75, 3.05) is 12.3 Å². The lowest BCUT2D eigenvalue weighted by molar-refractivity contribution is -0.384. The van der Waals surface area contributed by atoms with E-state index in [4.69, 9.17) is 19.9 Å². The monoisotopic (exact) mass is 600 g/mol. The largest absolute Gasteiger partial charge is 0.464 e. The molecule has 0 bridgehead atoms. The number of rotatable bonds is 9. The zero-order chi connectivity index (χ0) is 31.5. The summed E-state index contributed by atoms with van der Waals surface area (Å²) in [7, 11) is 0. The van der Waals surface area contributed by atoms with Crippen LogP contribution in [0.25, 0.3) is 11.2 Å². The zero-order valence-electron chi connectivity index (χ0n) is 23.8. The fourth-order valence-electron chi connectivity index (χ4n) is 4.46. The number of nitro benzene ring substituents is 1. The fourth-order valence-corrected chi connectivity index (χ4v) is 4.46. The van der Waals surface area contributed by atoms with Crippen molar-refractivity contribution in [3.05, 3.63) is 52.6 Å². The molecule has 2 amide bonds. The number of fused-ring (bicyclic) bond motifs is 1. The molecule has 1 aromatic carbocycles. The highest BCUT2D eigenvalue weighted by atomic mass is 16.6. The highest BCUT2D eigenvalue weighted by Gasteiger charge is 2.50. The number of hydrogen-bond acceptors (Lipinski definition) is 13. The molecule has 0 saturated carbocycles. The number of ether oxygens (including phenoxy) is 3. The van der Waals surface area contributed by atoms with Crippen molar-refractivity contribution in [2.45, 2.75) is 70.2 Å². The average Bonchev–Trinajstić information content (AvgIpc) is 3.49. The van der Waals surface area contributed by atoms with Gasteiger partial charge in [-0.05, 0) is 33.3 Å². The van der Waals surface area contributed by atoms with Gasteiger partial charge in [0.15, 0.2) is 23.8 Å². The predicted molar refractivity (Wildman–Crippen MR) is 148 cm³/mol. The van der Waals surface area contributed by atoms with Crippen LogP contribution in [0.2, 0.25) is 0 Å². The summed E-state index contributed by atoms with van der Waals surface area (Å²) in [6, 6.07) is 2.79. The second-order valence-electron chi connectivity index (χ2n) is 10.6. The Bertz CT molecular complexity index is 1500. The first-order valence-corrected chi connectivity index (χ1v) is 13.3. The van der Waals surface area contributed by atoms with Gasteiger partial charge in [-0.25, -0.2) is 24.5 Å². The topological polar surface area (TPSA) is 236 Å². The van der Waals surface area contributed by atoms with Crippen LogP contribution in [0.3, 0.4) is 0 Å². The maximum atomic E-state index is 13.6. The quantitative estimate of drug-likeness (QED) is 0.151. The molecule has 0 spiro atoms. The van der Waals surface area contributed by atoms with Gasteiger partial charge in [0.1, 0.15) is 29.6 Å². The van der Waals surface area contributed by atoms with E-state index >= 15 is 0 Å². The number of esters is 1. The Morgan fingerprint density at radius 3 is 2.53 bits per heavy atom. The van der Waals surface area contributed by atoms with Crippen LogP contribution in [0, 0.1) is 10.1 Å². The molecule has 3 aromatic rings. The molecule has 1 fully saturated rings. The smallest absolute Gasteiger partial charge is 0.408 e. The Morgan fingerprint density at radius 1 is 1.21 bits per heavy atom. The highest BCUT2D eigenvalue weighted by molar-refractivity contribution is 5.87. The number of anilines is 1. The lowest BCUT2D eigenvalue weighted by atomic mass is 10.0. The number of nitrogens with one attached hydrogen (secondary N) is 2. The first kappa shape index (κ1) is 31.0. The second-order valence-corrected chi connectivity index (χ2v) is 10.6. The van der Waals surface area contributed by atoms with Crippen LogP contribution in [0.4, 0.5) is 16.3 Å². The Hall–Kier alpha value is -4.90. The van der Waals surface area contributed by atoms with Crippen LogP contribution in [-0.2, 0) is 30.2 Å². The molecule has 17 nitrogen and oxygen atoms in total. The number of amides is 2. The third-order valence-electron chi connectivity index (χ3n) is 6.36. The number of alkyl carbamates (subject to hydrolysis) is 1.